The molecule has 0 saturated carbocycles. The number of allylic oxidation sites excluding steroid dienone is 1. The van der Waals surface area contributed by atoms with Crippen molar-refractivity contribution in [3.63, 3.8) is 0 Å². The van der Waals surface area contributed by atoms with Gasteiger partial charge in [0, 0.05) is 6.61 Å². The van der Waals surface area contributed by atoms with Crippen molar-refractivity contribution in [2.75, 3.05) is 6.61 Å². The highest BCUT2D eigenvalue weighted by molar-refractivity contribution is 5.57. The highest BCUT2D eigenvalue weighted by Crippen LogP contribution is 2.09. The maximum Gasteiger partial charge on any atom is 0.129 e. The number of carbonyl (C=O) groups excluding carboxylic acids is 1. The minimum atomic E-state index is -0.0892. The van der Waals surface area contributed by atoms with Gasteiger partial charge in [-0.3, -0.25) is 0 Å². The van der Waals surface area contributed by atoms with Gasteiger partial charge in [-0.25, -0.2) is 0 Å². The Hall–Kier alpha value is -0.630. The van der Waals surface area contributed by atoms with Crippen molar-refractivity contribution in [2.45, 2.75) is 59.0 Å². The van der Waals surface area contributed by atoms with E-state index < -0.39 is 0 Å². The van der Waals surface area contributed by atoms with Gasteiger partial charge in [-0.2, -0.15) is 0 Å². The predicted molar refractivity (Wildman–Crippen MR) is 68.5 cm³/mol. The van der Waals surface area contributed by atoms with Crippen LogP contribution < -0.4 is 0 Å². The summed E-state index contributed by atoms with van der Waals surface area (Å²) in [5, 5.41) is 0. The molecule has 0 aliphatic rings. The van der Waals surface area contributed by atoms with E-state index in [0.29, 0.717) is 0 Å². The average Bonchev–Trinajstić information content (AvgIpc) is 2.29. The predicted octanol–water partition coefficient (Wildman–Crippen LogP) is 3.75. The van der Waals surface area contributed by atoms with E-state index >= 15 is 0 Å². The lowest BCUT2D eigenvalue weighted by Gasteiger charge is -2.16. The van der Waals surface area contributed by atoms with Crippen LogP contribution in [0.2, 0.25) is 0 Å². The lowest BCUT2D eigenvalue weighted by atomic mass is 10.0. The molecule has 2 nitrogen and oxygen atoms in total. The highest BCUT2D eigenvalue weighted by atomic mass is 16.5. The third-order valence-electron chi connectivity index (χ3n) is 2.66. The second-order valence-corrected chi connectivity index (χ2v) is 4.21. The standard InChI is InChI=1S/C14H26O2/c1-4-6-8-9-10-14(12-15)13(3)16-11-7-5-2/h9-10,12-14H,4-8,11H2,1-3H3/b10-9+/t13-,14+/m1/s1. The maximum absolute atomic E-state index is 10.9. The lowest BCUT2D eigenvalue weighted by molar-refractivity contribution is -0.113. The first-order valence-corrected chi connectivity index (χ1v) is 6.49. The number of carbonyl (C=O) groups is 1. The molecule has 0 aliphatic carbocycles. The molecular weight excluding hydrogens is 200 g/mol. The number of hydrogen-bond donors (Lipinski definition) is 0. The van der Waals surface area contributed by atoms with Crippen molar-refractivity contribution in [3.05, 3.63) is 12.2 Å². The monoisotopic (exact) mass is 226 g/mol. The number of hydrogen-bond acceptors (Lipinski definition) is 2. The van der Waals surface area contributed by atoms with Gasteiger partial charge in [-0.15, -0.1) is 0 Å². The maximum atomic E-state index is 10.9. The fourth-order valence-electron chi connectivity index (χ4n) is 1.41. The largest absolute Gasteiger partial charge is 0.377 e. The summed E-state index contributed by atoms with van der Waals surface area (Å²) in [4.78, 5) is 10.9. The Bertz CT molecular complexity index is 187. The summed E-state index contributed by atoms with van der Waals surface area (Å²) >= 11 is 0. The van der Waals surface area contributed by atoms with Gasteiger partial charge in [0.1, 0.15) is 6.29 Å². The van der Waals surface area contributed by atoms with E-state index in [-0.39, 0.29) is 12.0 Å². The Morgan fingerprint density at radius 2 is 1.88 bits per heavy atom. The van der Waals surface area contributed by atoms with Crippen LogP contribution in [-0.2, 0) is 9.53 Å². The summed E-state index contributed by atoms with van der Waals surface area (Å²) in [6, 6.07) is 0. The van der Waals surface area contributed by atoms with Crippen LogP contribution in [-0.4, -0.2) is 19.0 Å². The highest BCUT2D eigenvalue weighted by Gasteiger charge is 2.13. The first kappa shape index (κ1) is 15.4. The van der Waals surface area contributed by atoms with Crippen molar-refractivity contribution < 1.29 is 9.53 Å². The number of ether oxygens (including phenoxy) is 1. The van der Waals surface area contributed by atoms with Gasteiger partial charge >= 0.3 is 0 Å². The van der Waals surface area contributed by atoms with Crippen LogP contribution in [0.25, 0.3) is 0 Å². The lowest BCUT2D eigenvalue weighted by Crippen LogP contribution is -2.20. The van der Waals surface area contributed by atoms with Crippen molar-refractivity contribution in [2.24, 2.45) is 5.92 Å². The van der Waals surface area contributed by atoms with Gasteiger partial charge in [-0.05, 0) is 19.8 Å². The molecule has 2 atom stereocenters. The van der Waals surface area contributed by atoms with E-state index in [2.05, 4.69) is 19.9 Å². The van der Waals surface area contributed by atoms with E-state index in [9.17, 15) is 4.79 Å². The van der Waals surface area contributed by atoms with Crippen LogP contribution >= 0.6 is 0 Å². The summed E-state index contributed by atoms with van der Waals surface area (Å²) in [7, 11) is 0. The molecule has 94 valence electrons. The third kappa shape index (κ3) is 7.63. The molecule has 0 radical (unpaired) electrons. The van der Waals surface area contributed by atoms with Gasteiger partial charge in [0.15, 0.2) is 0 Å². The van der Waals surface area contributed by atoms with Gasteiger partial charge in [0.05, 0.1) is 12.0 Å². The number of aldehydes is 1. The molecule has 0 aromatic heterocycles. The Balaban J connectivity index is 3.86. The molecule has 0 bridgehead atoms. The molecule has 0 amide bonds. The zero-order valence-corrected chi connectivity index (χ0v) is 10.9. The summed E-state index contributed by atoms with van der Waals surface area (Å²) in [5.41, 5.74) is 0. The number of rotatable bonds is 10. The van der Waals surface area contributed by atoms with Gasteiger partial charge in [-0.1, -0.05) is 45.3 Å². The zero-order chi connectivity index (χ0) is 12.2. The first-order valence-electron chi connectivity index (χ1n) is 6.49. The first-order chi connectivity index (χ1) is 7.76. The molecule has 0 aromatic rings. The van der Waals surface area contributed by atoms with Crippen LogP contribution in [0.3, 0.4) is 0 Å². The molecule has 2 heteroatoms. The van der Waals surface area contributed by atoms with Crippen LogP contribution in [0.1, 0.15) is 52.9 Å². The fraction of sp³-hybridized carbons (Fsp3) is 0.786. The quantitative estimate of drug-likeness (QED) is 0.322. The van der Waals surface area contributed by atoms with Crippen LogP contribution in [0.4, 0.5) is 0 Å². The minimum absolute atomic E-state index is 0.00178. The Morgan fingerprint density at radius 1 is 1.19 bits per heavy atom. The van der Waals surface area contributed by atoms with E-state index in [1.165, 1.54) is 12.8 Å². The molecule has 0 aliphatic heterocycles. The minimum Gasteiger partial charge on any atom is -0.377 e. The van der Waals surface area contributed by atoms with Crippen molar-refractivity contribution in [1.82, 2.24) is 0 Å². The summed E-state index contributed by atoms with van der Waals surface area (Å²) in [6.45, 7) is 7.03. The SMILES string of the molecule is CCCC/C=C/[C@@H](C=O)[C@@H](C)OCCCC. The molecule has 0 fully saturated rings. The third-order valence-corrected chi connectivity index (χ3v) is 2.66. The second-order valence-electron chi connectivity index (χ2n) is 4.21. The fourth-order valence-corrected chi connectivity index (χ4v) is 1.41. The van der Waals surface area contributed by atoms with Gasteiger partial charge in [0.25, 0.3) is 0 Å². The molecule has 0 heterocycles. The molecule has 0 N–H and O–H groups in total. The normalized spacial score (nSPS) is 15.2. The zero-order valence-electron chi connectivity index (χ0n) is 10.9. The number of unbranched alkanes of at least 4 members (excludes halogenated alkanes) is 3. The van der Waals surface area contributed by atoms with E-state index in [1.807, 2.05) is 13.0 Å². The molecular formula is C14H26O2. The van der Waals surface area contributed by atoms with Crippen LogP contribution in [0.15, 0.2) is 12.2 Å². The smallest absolute Gasteiger partial charge is 0.129 e. The molecule has 0 aromatic carbocycles. The average molecular weight is 226 g/mol. The molecule has 0 unspecified atom stereocenters. The van der Waals surface area contributed by atoms with E-state index in [1.54, 1.807) is 0 Å². The van der Waals surface area contributed by atoms with Crippen molar-refractivity contribution >= 4 is 6.29 Å². The van der Waals surface area contributed by atoms with Crippen molar-refractivity contribution in [1.29, 1.82) is 0 Å². The van der Waals surface area contributed by atoms with Crippen LogP contribution in [0.5, 0.6) is 0 Å². The second kappa shape index (κ2) is 10.9. The Morgan fingerprint density at radius 3 is 2.44 bits per heavy atom. The molecule has 16 heavy (non-hydrogen) atoms. The van der Waals surface area contributed by atoms with Gasteiger partial charge in [0.2, 0.25) is 0 Å². The summed E-state index contributed by atoms with van der Waals surface area (Å²) in [5.74, 6) is -0.0892. The van der Waals surface area contributed by atoms with E-state index in [4.69, 9.17) is 4.74 Å². The Labute approximate surface area is 100 Å². The van der Waals surface area contributed by atoms with E-state index in [0.717, 1.165) is 32.2 Å². The molecule has 0 saturated heterocycles. The van der Waals surface area contributed by atoms with Gasteiger partial charge < -0.3 is 9.53 Å². The Kier molecular flexibility index (Phi) is 10.4. The summed E-state index contributed by atoms with van der Waals surface area (Å²) < 4.78 is 5.61. The molecule has 0 spiro atoms. The topological polar surface area (TPSA) is 26.3 Å². The molecule has 0 rings (SSSR count). The van der Waals surface area contributed by atoms with Crippen molar-refractivity contribution in [3.8, 4) is 0 Å². The summed E-state index contributed by atoms with van der Waals surface area (Å²) in [6.07, 6.45) is 10.7. The van der Waals surface area contributed by atoms with Crippen LogP contribution in [0, 0.1) is 5.92 Å².